The third-order valence-corrected chi connectivity index (χ3v) is 5.45. The Morgan fingerprint density at radius 2 is 1.89 bits per heavy atom. The molecule has 136 valence electrons. The first-order valence-electron chi connectivity index (χ1n) is 8.39. The van der Waals surface area contributed by atoms with Gasteiger partial charge in [0.25, 0.3) is 0 Å². The number of para-hydroxylation sites is 2. The normalized spacial score (nSPS) is 12.0. The summed E-state index contributed by atoms with van der Waals surface area (Å²) < 4.78 is 7.61. The van der Waals surface area contributed by atoms with Crippen LogP contribution in [0.1, 0.15) is 10.4 Å². The van der Waals surface area contributed by atoms with Crippen molar-refractivity contribution in [2.24, 2.45) is 0 Å². The Balaban J connectivity index is 1.68. The zero-order valence-corrected chi connectivity index (χ0v) is 15.1. The molecule has 3 aromatic carbocycles. The van der Waals surface area contributed by atoms with Gasteiger partial charge in [-0.05, 0) is 52.4 Å². The lowest BCUT2D eigenvalue weighted by atomic mass is 10.0. The Labute approximate surface area is 163 Å². The summed E-state index contributed by atoms with van der Waals surface area (Å²) in [7, 11) is 0. The van der Waals surface area contributed by atoms with E-state index in [1.54, 1.807) is 17.8 Å². The molecule has 0 saturated carbocycles. The van der Waals surface area contributed by atoms with Crippen LogP contribution < -0.4 is 4.74 Å². The zero-order chi connectivity index (χ0) is 19.1. The summed E-state index contributed by atoms with van der Waals surface area (Å²) in [6.07, 6.45) is 1.42. The predicted octanol–water partition coefficient (Wildman–Crippen LogP) is 4.28. The van der Waals surface area contributed by atoms with Crippen molar-refractivity contribution in [1.82, 2.24) is 20.2 Å². The van der Waals surface area contributed by atoms with Gasteiger partial charge in [0.2, 0.25) is 0 Å². The molecule has 0 amide bonds. The molecule has 0 unspecified atom stereocenters. The van der Waals surface area contributed by atoms with E-state index in [4.69, 9.17) is 4.74 Å². The van der Waals surface area contributed by atoms with Crippen molar-refractivity contribution in [3.63, 3.8) is 0 Å². The highest BCUT2D eigenvalue weighted by molar-refractivity contribution is 7.99. The number of tetrazole rings is 1. The van der Waals surface area contributed by atoms with Crippen molar-refractivity contribution >= 4 is 17.7 Å². The van der Waals surface area contributed by atoms with Crippen molar-refractivity contribution in [2.45, 2.75) is 9.79 Å². The van der Waals surface area contributed by atoms with E-state index in [2.05, 4.69) is 15.5 Å². The van der Waals surface area contributed by atoms with E-state index in [0.29, 0.717) is 17.0 Å². The number of carbonyl (C=O) groups is 1. The van der Waals surface area contributed by atoms with Crippen LogP contribution in [0.25, 0.3) is 16.8 Å². The van der Waals surface area contributed by atoms with Crippen LogP contribution in [-0.2, 0) is 0 Å². The van der Waals surface area contributed by atoms with Crippen molar-refractivity contribution in [3.05, 3.63) is 72.6 Å². The van der Waals surface area contributed by atoms with Crippen molar-refractivity contribution in [3.8, 4) is 28.3 Å². The number of carboxylic acid groups (broad SMARTS) is 1. The number of ether oxygens (including phenoxy) is 1. The van der Waals surface area contributed by atoms with Gasteiger partial charge in [0.05, 0.1) is 21.0 Å². The van der Waals surface area contributed by atoms with E-state index in [-0.39, 0.29) is 5.56 Å². The molecule has 2 heterocycles. The molecule has 0 fully saturated rings. The number of aromatic carboxylic acids is 1. The lowest BCUT2D eigenvalue weighted by molar-refractivity contribution is 0.0697. The summed E-state index contributed by atoms with van der Waals surface area (Å²) >= 11 is 1.62. The van der Waals surface area contributed by atoms with Crippen molar-refractivity contribution in [2.75, 3.05) is 0 Å². The number of nitrogens with zero attached hydrogens (tertiary/aromatic N) is 4. The first kappa shape index (κ1) is 16.5. The van der Waals surface area contributed by atoms with Gasteiger partial charge in [-0.25, -0.2) is 9.48 Å². The molecule has 0 aliphatic carbocycles. The molecular formula is C20H12N4O3S. The first-order chi connectivity index (χ1) is 13.7. The number of carboxylic acids is 1. The number of benzene rings is 3. The first-order valence-corrected chi connectivity index (χ1v) is 9.20. The van der Waals surface area contributed by atoms with Crippen LogP contribution in [0.3, 0.4) is 0 Å². The number of hydrogen-bond acceptors (Lipinski definition) is 6. The Morgan fingerprint density at radius 1 is 1.04 bits per heavy atom. The minimum atomic E-state index is -1.03. The fourth-order valence-electron chi connectivity index (χ4n) is 3.08. The molecule has 0 spiro atoms. The summed E-state index contributed by atoms with van der Waals surface area (Å²) in [6.45, 7) is 0. The van der Waals surface area contributed by atoms with Gasteiger partial charge in [-0.15, -0.1) is 5.10 Å². The second kappa shape index (κ2) is 6.50. The van der Waals surface area contributed by atoms with Gasteiger partial charge in [-0.3, -0.25) is 0 Å². The van der Waals surface area contributed by atoms with Gasteiger partial charge in [-0.2, -0.15) is 0 Å². The largest absolute Gasteiger partial charge is 0.478 e. The molecule has 5 rings (SSSR count). The smallest absolute Gasteiger partial charge is 0.335 e. The van der Waals surface area contributed by atoms with Gasteiger partial charge in [0.15, 0.2) is 0 Å². The molecule has 0 atom stereocenters. The average molecular weight is 388 g/mol. The Kier molecular flexibility index (Phi) is 3.84. The molecular weight excluding hydrogens is 376 g/mol. The third-order valence-electron chi connectivity index (χ3n) is 4.35. The van der Waals surface area contributed by atoms with Crippen LogP contribution in [0.2, 0.25) is 0 Å². The maximum atomic E-state index is 11.7. The molecule has 1 N–H and O–H groups in total. The van der Waals surface area contributed by atoms with E-state index in [1.807, 2.05) is 48.5 Å². The monoisotopic (exact) mass is 388 g/mol. The Hall–Kier alpha value is -3.65. The summed E-state index contributed by atoms with van der Waals surface area (Å²) in [5.41, 5.74) is 2.21. The maximum absolute atomic E-state index is 11.7. The lowest BCUT2D eigenvalue weighted by Crippen LogP contribution is -2.03. The number of aromatic nitrogens is 4. The fourth-order valence-corrected chi connectivity index (χ4v) is 4.06. The zero-order valence-electron chi connectivity index (χ0n) is 14.3. The average Bonchev–Trinajstić information content (AvgIpc) is 3.26. The highest BCUT2D eigenvalue weighted by Crippen LogP contribution is 2.50. The molecule has 0 saturated heterocycles. The molecule has 28 heavy (non-hydrogen) atoms. The van der Waals surface area contributed by atoms with Crippen molar-refractivity contribution in [1.29, 1.82) is 0 Å². The van der Waals surface area contributed by atoms with Crippen LogP contribution in [0.4, 0.5) is 0 Å². The maximum Gasteiger partial charge on any atom is 0.335 e. The predicted molar refractivity (Wildman–Crippen MR) is 102 cm³/mol. The standard InChI is InChI=1S/C20H12N4O3S/c25-20(26)13-8-12(9-14(10-13)24-11-21-22-23-24)15-4-3-7-18-19(15)27-16-5-1-2-6-17(16)28-18/h1-11H,(H,25,26). The number of fused-ring (bicyclic) bond motifs is 2. The van der Waals surface area contributed by atoms with E-state index in [0.717, 1.165) is 21.1 Å². The van der Waals surface area contributed by atoms with Gasteiger partial charge < -0.3 is 9.84 Å². The van der Waals surface area contributed by atoms with Crippen LogP contribution in [0.15, 0.2) is 76.8 Å². The molecule has 1 aliphatic rings. The second-order valence-electron chi connectivity index (χ2n) is 6.11. The molecule has 0 bridgehead atoms. The lowest BCUT2D eigenvalue weighted by Gasteiger charge is -2.22. The molecule has 4 aromatic rings. The Bertz CT molecular complexity index is 1210. The quantitative estimate of drug-likeness (QED) is 0.493. The fraction of sp³-hybridized carbons (Fsp3) is 0. The number of hydrogen-bond donors (Lipinski definition) is 1. The van der Waals surface area contributed by atoms with Crippen LogP contribution >= 0.6 is 11.8 Å². The summed E-state index contributed by atoms with van der Waals surface area (Å²) in [4.78, 5) is 13.7. The van der Waals surface area contributed by atoms with Crippen molar-refractivity contribution < 1.29 is 14.6 Å². The topological polar surface area (TPSA) is 90.1 Å². The van der Waals surface area contributed by atoms with E-state index < -0.39 is 5.97 Å². The van der Waals surface area contributed by atoms with Gasteiger partial charge in [0, 0.05) is 5.56 Å². The highest BCUT2D eigenvalue weighted by atomic mass is 32.2. The second-order valence-corrected chi connectivity index (χ2v) is 7.20. The van der Waals surface area contributed by atoms with E-state index >= 15 is 0 Å². The Morgan fingerprint density at radius 3 is 2.71 bits per heavy atom. The summed E-state index contributed by atoms with van der Waals surface area (Å²) in [5.74, 6) is 0.459. The number of rotatable bonds is 3. The van der Waals surface area contributed by atoms with Gasteiger partial charge in [-0.1, -0.05) is 36.0 Å². The summed E-state index contributed by atoms with van der Waals surface area (Å²) in [5, 5.41) is 20.7. The van der Waals surface area contributed by atoms with Gasteiger partial charge in [0.1, 0.15) is 17.8 Å². The molecule has 7 nitrogen and oxygen atoms in total. The molecule has 8 heteroatoms. The molecule has 1 aliphatic heterocycles. The van der Waals surface area contributed by atoms with Crippen LogP contribution in [0, 0.1) is 0 Å². The molecule has 1 aromatic heterocycles. The highest BCUT2D eigenvalue weighted by Gasteiger charge is 2.22. The summed E-state index contributed by atoms with van der Waals surface area (Å²) in [6, 6.07) is 18.7. The molecule has 0 radical (unpaired) electrons. The minimum Gasteiger partial charge on any atom is -0.478 e. The van der Waals surface area contributed by atoms with E-state index in [1.165, 1.54) is 17.1 Å². The van der Waals surface area contributed by atoms with Crippen LogP contribution in [-0.4, -0.2) is 31.3 Å². The minimum absolute atomic E-state index is 0.143. The van der Waals surface area contributed by atoms with Gasteiger partial charge >= 0.3 is 5.97 Å². The van der Waals surface area contributed by atoms with Crippen LogP contribution in [0.5, 0.6) is 11.5 Å². The van der Waals surface area contributed by atoms with E-state index in [9.17, 15) is 9.90 Å². The SMILES string of the molecule is O=C(O)c1cc(-c2cccc3c2Oc2ccccc2S3)cc(-n2cnnn2)c1. The third kappa shape index (κ3) is 2.80.